The maximum Gasteiger partial charge on any atom is 0.253 e. The van der Waals surface area contributed by atoms with Crippen LogP contribution in [0.1, 0.15) is 30.9 Å². The van der Waals surface area contributed by atoms with E-state index in [0.717, 1.165) is 29.7 Å². The quantitative estimate of drug-likeness (QED) is 0.894. The van der Waals surface area contributed by atoms with E-state index < -0.39 is 5.54 Å². The van der Waals surface area contributed by atoms with Crippen LogP contribution in [-0.4, -0.2) is 23.9 Å². The molecule has 0 radical (unpaired) electrons. The van der Waals surface area contributed by atoms with Crippen LogP contribution in [0.2, 0.25) is 0 Å². The second kappa shape index (κ2) is 4.33. The van der Waals surface area contributed by atoms with Crippen molar-refractivity contribution in [1.29, 1.82) is 0 Å². The lowest BCUT2D eigenvalue weighted by Gasteiger charge is -2.40. The van der Waals surface area contributed by atoms with Crippen molar-refractivity contribution < 1.29 is 9.59 Å². The molecular formula is C16H20N2O2. The van der Waals surface area contributed by atoms with Gasteiger partial charge in [0.1, 0.15) is 12.1 Å². The van der Waals surface area contributed by atoms with Gasteiger partial charge in [-0.15, -0.1) is 0 Å². The molecule has 2 aliphatic rings. The summed E-state index contributed by atoms with van der Waals surface area (Å²) in [4.78, 5) is 26.5. The highest BCUT2D eigenvalue weighted by Gasteiger charge is 2.52. The summed E-state index contributed by atoms with van der Waals surface area (Å²) in [5, 5.41) is 2.91. The number of carbonyl (C=O) groups excluding carboxylic acids is 2. The third-order valence-corrected chi connectivity index (χ3v) is 4.65. The Bertz CT molecular complexity index is 592. The van der Waals surface area contributed by atoms with E-state index >= 15 is 0 Å². The van der Waals surface area contributed by atoms with E-state index in [4.69, 9.17) is 0 Å². The van der Waals surface area contributed by atoms with Crippen molar-refractivity contribution in [2.24, 2.45) is 5.92 Å². The number of anilines is 1. The molecule has 2 fully saturated rings. The molecule has 0 bridgehead atoms. The van der Waals surface area contributed by atoms with Gasteiger partial charge in [-0.1, -0.05) is 12.1 Å². The molecule has 1 atom stereocenters. The van der Waals surface area contributed by atoms with Crippen LogP contribution in [-0.2, 0) is 9.59 Å². The number of aryl methyl sites for hydroxylation is 1. The summed E-state index contributed by atoms with van der Waals surface area (Å²) in [6, 6.07) is 5.88. The van der Waals surface area contributed by atoms with Gasteiger partial charge in [-0.05, 0) is 56.7 Å². The molecule has 1 aliphatic carbocycles. The van der Waals surface area contributed by atoms with Gasteiger partial charge in [0.05, 0.1) is 0 Å². The topological polar surface area (TPSA) is 49.4 Å². The van der Waals surface area contributed by atoms with Gasteiger partial charge in [0.2, 0.25) is 5.91 Å². The molecule has 1 N–H and O–H groups in total. The van der Waals surface area contributed by atoms with Crippen LogP contribution in [0.25, 0.3) is 0 Å². The van der Waals surface area contributed by atoms with Gasteiger partial charge in [0.15, 0.2) is 0 Å². The van der Waals surface area contributed by atoms with Crippen molar-refractivity contribution in [2.45, 2.75) is 39.2 Å². The molecule has 1 saturated carbocycles. The Morgan fingerprint density at radius 3 is 2.60 bits per heavy atom. The zero-order valence-electron chi connectivity index (χ0n) is 12.2. The number of carbonyl (C=O) groups is 2. The summed E-state index contributed by atoms with van der Waals surface area (Å²) in [5.74, 6) is 0.236. The maximum atomic E-state index is 12.8. The minimum Gasteiger partial charge on any atom is -0.340 e. The molecule has 0 spiro atoms. The zero-order valence-corrected chi connectivity index (χ0v) is 12.2. The summed E-state index contributed by atoms with van der Waals surface area (Å²) in [6.07, 6.45) is 2.03. The number of piperazine rings is 1. The average Bonchev–Trinajstić information content (AvgIpc) is 3.22. The predicted octanol–water partition coefficient (Wildman–Crippen LogP) is 1.93. The second-order valence-electron chi connectivity index (χ2n) is 6.14. The molecule has 4 heteroatoms. The highest BCUT2D eigenvalue weighted by Crippen LogP contribution is 2.42. The first kappa shape index (κ1) is 13.2. The lowest BCUT2D eigenvalue weighted by Crippen LogP contribution is -2.66. The lowest BCUT2D eigenvalue weighted by atomic mass is 9.90. The molecule has 1 unspecified atom stereocenters. The molecule has 20 heavy (non-hydrogen) atoms. The molecule has 1 aromatic rings. The monoisotopic (exact) mass is 272 g/mol. The van der Waals surface area contributed by atoms with Crippen molar-refractivity contribution in [3.8, 4) is 0 Å². The number of nitrogens with zero attached hydrogens (tertiary/aromatic N) is 1. The van der Waals surface area contributed by atoms with Gasteiger partial charge in [-0.3, -0.25) is 9.59 Å². The van der Waals surface area contributed by atoms with E-state index in [2.05, 4.69) is 5.32 Å². The Labute approximate surface area is 119 Å². The third-order valence-electron chi connectivity index (χ3n) is 4.65. The van der Waals surface area contributed by atoms with Crippen LogP contribution < -0.4 is 10.2 Å². The van der Waals surface area contributed by atoms with Crippen LogP contribution >= 0.6 is 0 Å². The van der Waals surface area contributed by atoms with Gasteiger partial charge in [-0.25, -0.2) is 0 Å². The van der Waals surface area contributed by atoms with Gasteiger partial charge >= 0.3 is 0 Å². The summed E-state index contributed by atoms with van der Waals surface area (Å²) < 4.78 is 0. The summed E-state index contributed by atoms with van der Waals surface area (Å²) >= 11 is 0. The fraction of sp³-hybridized carbons (Fsp3) is 0.500. The zero-order chi connectivity index (χ0) is 14.5. The molecule has 4 nitrogen and oxygen atoms in total. The van der Waals surface area contributed by atoms with E-state index in [0.29, 0.717) is 0 Å². The van der Waals surface area contributed by atoms with Crippen molar-refractivity contribution in [1.82, 2.24) is 5.32 Å². The number of nitrogens with one attached hydrogen (secondary N) is 1. The van der Waals surface area contributed by atoms with Crippen LogP contribution in [0.5, 0.6) is 0 Å². The molecule has 1 heterocycles. The number of benzene rings is 1. The molecule has 2 amide bonds. The predicted molar refractivity (Wildman–Crippen MR) is 77.5 cm³/mol. The van der Waals surface area contributed by atoms with Crippen LogP contribution in [0.4, 0.5) is 5.69 Å². The van der Waals surface area contributed by atoms with Gasteiger partial charge in [0.25, 0.3) is 5.91 Å². The molecule has 1 aromatic carbocycles. The Morgan fingerprint density at radius 1 is 1.25 bits per heavy atom. The van der Waals surface area contributed by atoms with Gasteiger partial charge in [0, 0.05) is 5.69 Å². The first-order valence-electron chi connectivity index (χ1n) is 7.12. The van der Waals surface area contributed by atoms with E-state index in [1.165, 1.54) is 0 Å². The van der Waals surface area contributed by atoms with Crippen molar-refractivity contribution in [2.75, 3.05) is 11.4 Å². The highest BCUT2D eigenvalue weighted by atomic mass is 16.2. The van der Waals surface area contributed by atoms with E-state index in [-0.39, 0.29) is 24.3 Å². The largest absolute Gasteiger partial charge is 0.340 e. The number of hydrogen-bond acceptors (Lipinski definition) is 2. The summed E-state index contributed by atoms with van der Waals surface area (Å²) in [6.45, 7) is 6.00. The second-order valence-corrected chi connectivity index (χ2v) is 6.14. The van der Waals surface area contributed by atoms with Crippen LogP contribution in [0.15, 0.2) is 18.2 Å². The number of amides is 2. The molecule has 3 rings (SSSR count). The molecule has 106 valence electrons. The lowest BCUT2D eigenvalue weighted by molar-refractivity contribution is -0.136. The van der Waals surface area contributed by atoms with E-state index in [1.807, 2.05) is 39.0 Å². The first-order chi connectivity index (χ1) is 9.43. The van der Waals surface area contributed by atoms with Crippen LogP contribution in [0, 0.1) is 19.8 Å². The molecule has 1 saturated heterocycles. The molecule has 0 aromatic heterocycles. The van der Waals surface area contributed by atoms with Crippen molar-refractivity contribution in [3.63, 3.8) is 0 Å². The minimum atomic E-state index is -0.731. The summed E-state index contributed by atoms with van der Waals surface area (Å²) in [7, 11) is 0. The van der Waals surface area contributed by atoms with Crippen LogP contribution in [0.3, 0.4) is 0 Å². The molecule has 1 aliphatic heterocycles. The minimum absolute atomic E-state index is 0.0216. The fourth-order valence-electron chi connectivity index (χ4n) is 3.04. The first-order valence-corrected chi connectivity index (χ1v) is 7.12. The average molecular weight is 272 g/mol. The number of hydrogen-bond donors (Lipinski definition) is 1. The van der Waals surface area contributed by atoms with Crippen molar-refractivity contribution >= 4 is 17.5 Å². The Hall–Kier alpha value is -1.84. The Kier molecular flexibility index (Phi) is 2.85. The van der Waals surface area contributed by atoms with Gasteiger partial charge in [-0.2, -0.15) is 0 Å². The summed E-state index contributed by atoms with van der Waals surface area (Å²) in [5.41, 5.74) is 2.32. The number of rotatable bonds is 2. The standard InChI is InChI=1S/C16H20N2O2/c1-10-5-4-6-13(11(10)2)18-9-14(19)17-16(3,15(18)20)12-7-8-12/h4-6,12H,7-9H2,1-3H3,(H,17,19). The van der Waals surface area contributed by atoms with E-state index in [9.17, 15) is 9.59 Å². The molecular weight excluding hydrogens is 252 g/mol. The SMILES string of the molecule is Cc1cccc(N2CC(=O)NC(C)(C3CC3)C2=O)c1C. The highest BCUT2D eigenvalue weighted by molar-refractivity contribution is 6.09. The van der Waals surface area contributed by atoms with E-state index in [1.54, 1.807) is 4.90 Å². The maximum absolute atomic E-state index is 12.8. The Balaban J connectivity index is 2.02. The smallest absolute Gasteiger partial charge is 0.253 e. The fourth-order valence-corrected chi connectivity index (χ4v) is 3.04. The third kappa shape index (κ3) is 1.90. The van der Waals surface area contributed by atoms with Crippen molar-refractivity contribution in [3.05, 3.63) is 29.3 Å². The normalized spacial score (nSPS) is 26.6. The van der Waals surface area contributed by atoms with Gasteiger partial charge < -0.3 is 10.2 Å². The Morgan fingerprint density at radius 2 is 1.95 bits per heavy atom.